The lowest BCUT2D eigenvalue weighted by molar-refractivity contribution is -0.113. The maximum Gasteiger partial charge on any atom is 0.283 e. The van der Waals surface area contributed by atoms with E-state index in [1.165, 1.54) is 6.08 Å². The van der Waals surface area contributed by atoms with Crippen molar-refractivity contribution in [2.75, 3.05) is 0 Å². The van der Waals surface area contributed by atoms with Gasteiger partial charge in [0.1, 0.15) is 11.6 Å². The van der Waals surface area contributed by atoms with Crippen LogP contribution in [-0.2, 0) is 4.79 Å². The van der Waals surface area contributed by atoms with Crippen molar-refractivity contribution in [3.8, 4) is 0 Å². The first-order chi connectivity index (χ1) is 5.22. The van der Waals surface area contributed by atoms with Gasteiger partial charge >= 0.3 is 0 Å². The van der Waals surface area contributed by atoms with Gasteiger partial charge in [0, 0.05) is 13.3 Å². The molecule has 1 N–H and O–H groups in total. The molecular formula is C9H9O2+. The Bertz CT molecular complexity index is 269. The summed E-state index contributed by atoms with van der Waals surface area (Å²) >= 11 is 0. The maximum absolute atomic E-state index is 11.0. The molecule has 0 aromatic rings. The SMILES string of the molecule is C=CC1=C(O)/C(=C/[CH+]C)C1=O. The quantitative estimate of drug-likeness (QED) is 0.479. The van der Waals surface area contributed by atoms with E-state index in [2.05, 4.69) is 6.58 Å². The Morgan fingerprint density at radius 1 is 1.64 bits per heavy atom. The number of aliphatic hydroxyl groups excluding tert-OH is 1. The molecule has 2 nitrogen and oxygen atoms in total. The summed E-state index contributed by atoms with van der Waals surface area (Å²) in [6, 6.07) is 0. The molecule has 0 aromatic carbocycles. The maximum atomic E-state index is 11.0. The van der Waals surface area contributed by atoms with E-state index in [-0.39, 0.29) is 11.5 Å². The Labute approximate surface area is 65.5 Å². The molecule has 0 fully saturated rings. The summed E-state index contributed by atoms with van der Waals surface area (Å²) in [5, 5.41) is 9.17. The van der Waals surface area contributed by atoms with E-state index in [0.717, 1.165) is 0 Å². The van der Waals surface area contributed by atoms with Crippen LogP contribution in [0.25, 0.3) is 0 Å². The largest absolute Gasteiger partial charge is 0.491 e. The number of hydrogen-bond acceptors (Lipinski definition) is 2. The summed E-state index contributed by atoms with van der Waals surface area (Å²) in [4.78, 5) is 11.0. The van der Waals surface area contributed by atoms with Gasteiger partial charge in [-0.15, -0.1) is 0 Å². The number of carbonyl (C=O) groups is 1. The minimum atomic E-state index is -0.129. The first-order valence-corrected chi connectivity index (χ1v) is 3.32. The first-order valence-electron chi connectivity index (χ1n) is 3.32. The van der Waals surface area contributed by atoms with E-state index in [0.29, 0.717) is 11.1 Å². The Morgan fingerprint density at radius 3 is 2.64 bits per heavy atom. The molecule has 2 heteroatoms. The normalized spacial score (nSPS) is 20.1. The van der Waals surface area contributed by atoms with Gasteiger partial charge in [-0.1, -0.05) is 12.7 Å². The first kappa shape index (κ1) is 7.66. The molecule has 0 heterocycles. The highest BCUT2D eigenvalue weighted by molar-refractivity contribution is 6.20. The lowest BCUT2D eigenvalue weighted by atomic mass is 9.88. The van der Waals surface area contributed by atoms with Crippen LogP contribution >= 0.6 is 0 Å². The van der Waals surface area contributed by atoms with Crippen molar-refractivity contribution in [3.05, 3.63) is 42.1 Å². The van der Waals surface area contributed by atoms with Crippen molar-refractivity contribution in [3.63, 3.8) is 0 Å². The topological polar surface area (TPSA) is 37.3 Å². The smallest absolute Gasteiger partial charge is 0.283 e. The van der Waals surface area contributed by atoms with Crippen molar-refractivity contribution in [1.29, 1.82) is 0 Å². The fourth-order valence-corrected chi connectivity index (χ4v) is 0.953. The number of hydrogen-bond donors (Lipinski definition) is 1. The van der Waals surface area contributed by atoms with Crippen LogP contribution in [0.1, 0.15) is 6.92 Å². The zero-order valence-corrected chi connectivity index (χ0v) is 6.29. The van der Waals surface area contributed by atoms with E-state index in [4.69, 9.17) is 5.11 Å². The van der Waals surface area contributed by atoms with Crippen molar-refractivity contribution < 1.29 is 9.90 Å². The Kier molecular flexibility index (Phi) is 1.85. The molecule has 0 unspecified atom stereocenters. The van der Waals surface area contributed by atoms with Crippen LogP contribution in [0.4, 0.5) is 0 Å². The monoisotopic (exact) mass is 149 g/mol. The molecule has 1 aliphatic rings. The Hall–Kier alpha value is -1.44. The highest BCUT2D eigenvalue weighted by Crippen LogP contribution is 2.28. The number of carbonyl (C=O) groups excluding carboxylic acids is 1. The summed E-state index contributed by atoms with van der Waals surface area (Å²) in [5.41, 5.74) is 0.695. The van der Waals surface area contributed by atoms with Crippen molar-refractivity contribution >= 4 is 5.78 Å². The number of Topliss-reactive ketones (excluding diaryl/α,β-unsaturated/α-hetero) is 1. The van der Waals surface area contributed by atoms with Crippen molar-refractivity contribution in [1.82, 2.24) is 0 Å². The molecule has 11 heavy (non-hydrogen) atoms. The van der Waals surface area contributed by atoms with Crippen molar-refractivity contribution in [2.24, 2.45) is 0 Å². The van der Waals surface area contributed by atoms with Gasteiger partial charge in [0.2, 0.25) is 5.76 Å². The fraction of sp³-hybridized carbons (Fsp3) is 0.111. The molecule has 0 bridgehead atoms. The average Bonchev–Trinajstić information content (AvgIpc) is 2.01. The third-order valence-electron chi connectivity index (χ3n) is 1.54. The molecule has 1 rings (SSSR count). The third kappa shape index (κ3) is 0.963. The van der Waals surface area contributed by atoms with Gasteiger partial charge in [-0.25, -0.2) is 0 Å². The Balaban J connectivity index is 2.98. The number of ketones is 1. The highest BCUT2D eigenvalue weighted by Gasteiger charge is 2.38. The fourth-order valence-electron chi connectivity index (χ4n) is 0.953. The van der Waals surface area contributed by atoms with Gasteiger partial charge in [0.05, 0.1) is 0 Å². The Morgan fingerprint density at radius 2 is 2.27 bits per heavy atom. The van der Waals surface area contributed by atoms with Gasteiger partial charge in [-0.05, 0) is 0 Å². The molecule has 0 aromatic heterocycles. The minimum absolute atomic E-state index is 0.0584. The van der Waals surface area contributed by atoms with Crippen LogP contribution < -0.4 is 0 Å². The van der Waals surface area contributed by atoms with Crippen LogP contribution in [0.5, 0.6) is 0 Å². The van der Waals surface area contributed by atoms with Gasteiger partial charge in [0.25, 0.3) is 5.78 Å². The van der Waals surface area contributed by atoms with Crippen molar-refractivity contribution in [2.45, 2.75) is 6.92 Å². The molecular weight excluding hydrogens is 140 g/mol. The van der Waals surface area contributed by atoms with Gasteiger partial charge in [0.15, 0.2) is 5.57 Å². The highest BCUT2D eigenvalue weighted by atomic mass is 16.3. The van der Waals surface area contributed by atoms with Crippen LogP contribution in [0, 0.1) is 6.42 Å². The predicted molar refractivity (Wildman–Crippen MR) is 42.9 cm³/mol. The standard InChI is InChI=1S/C9H8O2/c1-3-5-7-8(10)6(4-2)9(7)11/h3-5H,2H2,1H3/p+1. The van der Waals surface area contributed by atoms with E-state index < -0.39 is 0 Å². The summed E-state index contributed by atoms with van der Waals surface area (Å²) in [6.07, 6.45) is 4.67. The van der Waals surface area contributed by atoms with Crippen LogP contribution in [0.2, 0.25) is 0 Å². The molecule has 56 valence electrons. The lowest BCUT2D eigenvalue weighted by Gasteiger charge is -2.09. The van der Waals surface area contributed by atoms with Crippen LogP contribution in [0.3, 0.4) is 0 Å². The zero-order valence-electron chi connectivity index (χ0n) is 6.29. The molecule has 0 amide bonds. The average molecular weight is 149 g/mol. The van der Waals surface area contributed by atoms with E-state index in [1.807, 2.05) is 0 Å². The molecule has 0 atom stereocenters. The van der Waals surface area contributed by atoms with E-state index >= 15 is 0 Å². The minimum Gasteiger partial charge on any atom is -0.491 e. The summed E-state index contributed by atoms with van der Waals surface area (Å²) in [5.74, 6) is -0.0706. The van der Waals surface area contributed by atoms with Crippen LogP contribution in [-0.4, -0.2) is 10.9 Å². The van der Waals surface area contributed by atoms with E-state index in [9.17, 15) is 4.79 Å². The van der Waals surface area contributed by atoms with Crippen LogP contribution in [0.15, 0.2) is 35.6 Å². The van der Waals surface area contributed by atoms with Gasteiger partial charge in [-0.3, -0.25) is 4.79 Å². The van der Waals surface area contributed by atoms with Gasteiger partial charge in [-0.2, -0.15) is 0 Å². The predicted octanol–water partition coefficient (Wildman–Crippen LogP) is 1.72. The molecule has 0 radical (unpaired) electrons. The molecule has 0 saturated carbocycles. The molecule has 0 aliphatic heterocycles. The van der Waals surface area contributed by atoms with E-state index in [1.54, 1.807) is 19.4 Å². The second kappa shape index (κ2) is 2.66. The summed E-state index contributed by atoms with van der Waals surface area (Å²) in [6.45, 7) is 5.19. The number of rotatable bonds is 2. The molecule has 1 aliphatic carbocycles. The zero-order chi connectivity index (χ0) is 8.43. The third-order valence-corrected chi connectivity index (χ3v) is 1.54. The second-order valence-electron chi connectivity index (χ2n) is 2.21. The molecule has 0 saturated heterocycles. The summed E-state index contributed by atoms with van der Waals surface area (Å²) in [7, 11) is 0. The number of aliphatic hydroxyl groups is 1. The lowest BCUT2D eigenvalue weighted by Crippen LogP contribution is -2.20. The summed E-state index contributed by atoms with van der Waals surface area (Å²) < 4.78 is 0. The second-order valence-corrected chi connectivity index (χ2v) is 2.21. The number of allylic oxidation sites excluding steroid dienone is 4. The van der Waals surface area contributed by atoms with Gasteiger partial charge < -0.3 is 5.11 Å². The molecule has 0 spiro atoms.